The predicted octanol–water partition coefficient (Wildman–Crippen LogP) is 1.41. The van der Waals surface area contributed by atoms with Gasteiger partial charge in [0.05, 0.1) is 18.8 Å². The topological polar surface area (TPSA) is 66.0 Å². The van der Waals surface area contributed by atoms with Crippen molar-refractivity contribution >= 4 is 15.8 Å². The van der Waals surface area contributed by atoms with Gasteiger partial charge in [-0.05, 0) is 46.9 Å². The Bertz CT molecular complexity index is 712. The molecule has 0 bridgehead atoms. The second-order valence-electron chi connectivity index (χ2n) is 7.74. The van der Waals surface area contributed by atoms with Crippen LogP contribution in [0, 0.1) is 0 Å². The number of morpholine rings is 1. The van der Waals surface area contributed by atoms with E-state index in [0.717, 1.165) is 32.1 Å². The molecule has 7 nitrogen and oxygen atoms in total. The van der Waals surface area contributed by atoms with Crippen molar-refractivity contribution in [3.63, 3.8) is 0 Å². The summed E-state index contributed by atoms with van der Waals surface area (Å²) in [6.07, 6.45) is 1.67. The van der Waals surface area contributed by atoms with E-state index in [1.807, 2.05) is 33.8 Å². The molecule has 0 spiro atoms. The van der Waals surface area contributed by atoms with Gasteiger partial charge in [0, 0.05) is 37.9 Å². The molecule has 26 heavy (non-hydrogen) atoms. The maximum Gasteiger partial charge on any atom is 0.245 e. The monoisotopic (exact) mass is 382 g/mol. The van der Waals surface area contributed by atoms with Gasteiger partial charge in [-0.1, -0.05) is 0 Å². The van der Waals surface area contributed by atoms with E-state index in [1.165, 1.54) is 10.5 Å². The van der Waals surface area contributed by atoms with Crippen LogP contribution in [0.25, 0.3) is 0 Å². The maximum atomic E-state index is 12.9. The fourth-order valence-corrected chi connectivity index (χ4v) is 5.81. The van der Waals surface area contributed by atoms with Crippen molar-refractivity contribution in [1.29, 1.82) is 0 Å². The third kappa shape index (κ3) is 3.60. The zero-order valence-corrected chi connectivity index (χ0v) is 17.1. The van der Waals surface area contributed by atoms with Crippen LogP contribution in [-0.2, 0) is 14.8 Å². The van der Waals surface area contributed by atoms with Crippen LogP contribution >= 0.6 is 0 Å². The number of hydrogen-bond donors (Lipinski definition) is 0. The summed E-state index contributed by atoms with van der Waals surface area (Å²) in [6, 6.07) is 3.64. The van der Waals surface area contributed by atoms with Crippen LogP contribution in [0.5, 0.6) is 0 Å². The van der Waals surface area contributed by atoms with Gasteiger partial charge in [0.15, 0.2) is 0 Å². The maximum absolute atomic E-state index is 12.9. The van der Waals surface area contributed by atoms with Crippen LogP contribution in [0.3, 0.4) is 0 Å². The Labute approximate surface area is 157 Å². The molecule has 0 aromatic carbocycles. The number of sulfonamides is 1. The van der Waals surface area contributed by atoms with Crippen molar-refractivity contribution in [1.82, 2.24) is 14.2 Å². The molecule has 0 aliphatic carbocycles. The van der Waals surface area contributed by atoms with Gasteiger partial charge in [-0.15, -0.1) is 0 Å². The first-order valence-electron chi connectivity index (χ1n) is 9.28. The number of likely N-dealkylation sites (N-methyl/N-ethyl adjacent to an activating group) is 1. The van der Waals surface area contributed by atoms with Crippen LogP contribution < -0.4 is 4.90 Å². The number of pyridine rings is 1. The molecule has 2 aliphatic heterocycles. The lowest BCUT2D eigenvalue weighted by molar-refractivity contribution is -0.0362. The molecule has 0 saturated carbocycles. The minimum absolute atomic E-state index is 0.103. The predicted molar refractivity (Wildman–Crippen MR) is 102 cm³/mol. The molecule has 8 heteroatoms. The van der Waals surface area contributed by atoms with Crippen molar-refractivity contribution in [2.45, 2.75) is 56.8 Å². The molecule has 3 rings (SSSR count). The molecule has 2 saturated heterocycles. The van der Waals surface area contributed by atoms with E-state index >= 15 is 0 Å². The van der Waals surface area contributed by atoms with Gasteiger partial charge in [-0.2, -0.15) is 4.31 Å². The Hall–Kier alpha value is -1.22. The summed E-state index contributed by atoms with van der Waals surface area (Å²) < 4.78 is 33.3. The van der Waals surface area contributed by atoms with Crippen molar-refractivity contribution in [2.24, 2.45) is 0 Å². The average molecular weight is 383 g/mol. The third-order valence-electron chi connectivity index (χ3n) is 5.22. The third-order valence-corrected chi connectivity index (χ3v) is 7.45. The fraction of sp³-hybridized carbons (Fsp3) is 0.722. The summed E-state index contributed by atoms with van der Waals surface area (Å²) in [5.74, 6) is 0.802. The van der Waals surface area contributed by atoms with Crippen molar-refractivity contribution in [3.8, 4) is 0 Å². The number of anilines is 1. The summed E-state index contributed by atoms with van der Waals surface area (Å²) in [4.78, 5) is 9.21. The second-order valence-corrected chi connectivity index (χ2v) is 9.58. The number of ether oxygens (including phenoxy) is 1. The lowest BCUT2D eigenvalue weighted by Crippen LogP contribution is -2.48. The molecule has 2 aliphatic rings. The first-order valence-corrected chi connectivity index (χ1v) is 10.7. The Kier molecular flexibility index (Phi) is 5.58. The van der Waals surface area contributed by atoms with Gasteiger partial charge in [0.25, 0.3) is 0 Å². The number of nitrogens with zero attached hydrogens (tertiary/aromatic N) is 4. The van der Waals surface area contributed by atoms with Gasteiger partial charge >= 0.3 is 0 Å². The van der Waals surface area contributed by atoms with E-state index < -0.39 is 10.0 Å². The standard InChI is InChI=1S/C18H30N4O3S/c1-13(2)22(14(3)4)26(23,24)15-6-7-18(19-10-15)21-11-16-17(12-21)25-9-8-20(16)5/h6-7,10,13-14,16-17H,8-9,11-12H2,1-5H3. The van der Waals surface area contributed by atoms with E-state index in [0.29, 0.717) is 6.04 Å². The molecule has 146 valence electrons. The van der Waals surface area contributed by atoms with Crippen LogP contribution in [0.4, 0.5) is 5.82 Å². The first-order chi connectivity index (χ1) is 12.2. The van der Waals surface area contributed by atoms with E-state index in [2.05, 4.69) is 21.8 Å². The van der Waals surface area contributed by atoms with Crippen LogP contribution in [0.1, 0.15) is 27.7 Å². The number of aromatic nitrogens is 1. The molecular weight excluding hydrogens is 352 g/mol. The second kappa shape index (κ2) is 7.42. The zero-order valence-electron chi connectivity index (χ0n) is 16.3. The van der Waals surface area contributed by atoms with Gasteiger partial charge in [-0.25, -0.2) is 13.4 Å². The summed E-state index contributed by atoms with van der Waals surface area (Å²) in [5.41, 5.74) is 0. The van der Waals surface area contributed by atoms with Crippen LogP contribution in [0.2, 0.25) is 0 Å². The zero-order chi connectivity index (χ0) is 19.1. The molecule has 2 fully saturated rings. The van der Waals surface area contributed by atoms with E-state index in [1.54, 1.807) is 6.07 Å². The van der Waals surface area contributed by atoms with Crippen molar-refractivity contribution in [2.75, 3.05) is 38.2 Å². The highest BCUT2D eigenvalue weighted by Crippen LogP contribution is 2.27. The lowest BCUT2D eigenvalue weighted by atomic mass is 10.1. The highest BCUT2D eigenvalue weighted by molar-refractivity contribution is 7.89. The van der Waals surface area contributed by atoms with Crippen LogP contribution in [0.15, 0.2) is 23.2 Å². The highest BCUT2D eigenvalue weighted by Gasteiger charge is 2.39. The molecule has 0 radical (unpaired) electrons. The average Bonchev–Trinajstić information content (AvgIpc) is 2.99. The Morgan fingerprint density at radius 2 is 1.88 bits per heavy atom. The van der Waals surface area contributed by atoms with E-state index in [9.17, 15) is 8.42 Å². The number of fused-ring (bicyclic) bond motifs is 1. The molecule has 0 N–H and O–H groups in total. The minimum atomic E-state index is -3.55. The van der Waals surface area contributed by atoms with Gasteiger partial charge in [0.2, 0.25) is 10.0 Å². The molecule has 2 atom stereocenters. The number of rotatable bonds is 5. The number of hydrogen-bond acceptors (Lipinski definition) is 6. The molecule has 2 unspecified atom stereocenters. The first kappa shape index (κ1) is 19.5. The quantitative estimate of drug-likeness (QED) is 0.767. The minimum Gasteiger partial charge on any atom is -0.373 e. The molecular formula is C18H30N4O3S. The Morgan fingerprint density at radius 3 is 2.42 bits per heavy atom. The van der Waals surface area contributed by atoms with Crippen LogP contribution in [-0.4, -0.2) is 80.1 Å². The highest BCUT2D eigenvalue weighted by atomic mass is 32.2. The molecule has 3 heterocycles. The fourth-order valence-electron chi connectivity index (χ4n) is 4.03. The smallest absolute Gasteiger partial charge is 0.245 e. The van der Waals surface area contributed by atoms with E-state index in [4.69, 9.17) is 4.74 Å². The molecule has 0 amide bonds. The summed E-state index contributed by atoms with van der Waals surface area (Å²) in [6.45, 7) is 10.9. The Balaban J connectivity index is 1.79. The Morgan fingerprint density at radius 1 is 1.19 bits per heavy atom. The van der Waals surface area contributed by atoms with Gasteiger partial charge in [0.1, 0.15) is 10.7 Å². The van der Waals surface area contributed by atoms with Crippen molar-refractivity contribution in [3.05, 3.63) is 18.3 Å². The lowest BCUT2D eigenvalue weighted by Gasteiger charge is -2.33. The molecule has 1 aromatic heterocycles. The SMILES string of the molecule is CC(C)N(C(C)C)S(=O)(=O)c1ccc(N2CC3OCCN(C)C3C2)nc1. The van der Waals surface area contributed by atoms with Crippen molar-refractivity contribution < 1.29 is 13.2 Å². The van der Waals surface area contributed by atoms with Gasteiger partial charge in [-0.3, -0.25) is 4.90 Å². The summed E-state index contributed by atoms with van der Waals surface area (Å²) in [7, 11) is -1.43. The molecule has 1 aromatic rings. The normalized spacial score (nSPS) is 24.7. The summed E-state index contributed by atoms with van der Waals surface area (Å²) >= 11 is 0. The summed E-state index contributed by atoms with van der Waals surface area (Å²) in [5, 5.41) is 0. The van der Waals surface area contributed by atoms with Gasteiger partial charge < -0.3 is 9.64 Å². The van der Waals surface area contributed by atoms with E-state index in [-0.39, 0.29) is 23.1 Å². The largest absolute Gasteiger partial charge is 0.373 e.